The number of amides is 1. The number of halogens is 1. The van der Waals surface area contributed by atoms with Gasteiger partial charge in [0.05, 0.1) is 14.2 Å². The smallest absolute Gasteiger partial charge is 0.325 e. The fraction of sp³-hybridized carbons (Fsp3) is 0.267. The van der Waals surface area contributed by atoms with Crippen LogP contribution in [0.25, 0.3) is 6.08 Å². The molecule has 0 atom stereocenters. The first-order chi connectivity index (χ1) is 10.9. The lowest BCUT2D eigenvalue weighted by molar-refractivity contribution is -0.143. The third kappa shape index (κ3) is 3.53. The molecule has 0 aromatic heterocycles. The molecule has 0 aliphatic carbocycles. The van der Waals surface area contributed by atoms with E-state index in [1.54, 1.807) is 31.2 Å². The Labute approximate surface area is 147 Å². The summed E-state index contributed by atoms with van der Waals surface area (Å²) in [4.78, 5) is 26.7. The number of benzene rings is 1. The molecule has 0 saturated carbocycles. The van der Waals surface area contributed by atoms with E-state index >= 15 is 0 Å². The lowest BCUT2D eigenvalue weighted by Gasteiger charge is -2.14. The van der Waals surface area contributed by atoms with Crippen molar-refractivity contribution in [2.45, 2.75) is 0 Å². The van der Waals surface area contributed by atoms with Crippen molar-refractivity contribution in [3.05, 3.63) is 33.9 Å². The third-order valence-corrected chi connectivity index (χ3v) is 4.33. The molecule has 122 valence electrons. The Balaban J connectivity index is 2.40. The second-order valence-corrected chi connectivity index (χ2v) is 6.01. The van der Waals surface area contributed by atoms with Crippen LogP contribution < -0.4 is 4.74 Å². The molecule has 23 heavy (non-hydrogen) atoms. The van der Waals surface area contributed by atoms with Crippen LogP contribution in [0.3, 0.4) is 0 Å². The van der Waals surface area contributed by atoms with Crippen LogP contribution in [0.15, 0.2) is 28.4 Å². The molecule has 2 rings (SSSR count). The molecule has 1 amide bonds. The van der Waals surface area contributed by atoms with E-state index in [9.17, 15) is 9.59 Å². The van der Waals surface area contributed by atoms with Crippen LogP contribution in [-0.2, 0) is 14.3 Å². The molecule has 1 aliphatic rings. The van der Waals surface area contributed by atoms with Gasteiger partial charge in [-0.2, -0.15) is 0 Å². The van der Waals surface area contributed by atoms with Gasteiger partial charge in [0.25, 0.3) is 5.91 Å². The zero-order chi connectivity index (χ0) is 17.1. The van der Waals surface area contributed by atoms with E-state index < -0.39 is 5.97 Å². The number of esters is 1. The monoisotopic (exact) mass is 398 g/mol. The van der Waals surface area contributed by atoms with E-state index in [-0.39, 0.29) is 17.6 Å². The van der Waals surface area contributed by atoms with Gasteiger partial charge in [0.2, 0.25) is 0 Å². The maximum Gasteiger partial charge on any atom is 0.325 e. The van der Waals surface area contributed by atoms with E-state index in [0.717, 1.165) is 10.0 Å². The van der Waals surface area contributed by atoms with Crippen LogP contribution in [0.5, 0.6) is 5.75 Å². The lowest BCUT2D eigenvalue weighted by atomic mass is 10.1. The molecule has 1 aromatic rings. The minimum atomic E-state index is -0.532. The first-order valence-electron chi connectivity index (χ1n) is 6.60. The van der Waals surface area contributed by atoms with Crippen molar-refractivity contribution in [2.75, 3.05) is 27.8 Å². The van der Waals surface area contributed by atoms with E-state index in [1.165, 1.54) is 12.0 Å². The second kappa shape index (κ2) is 7.10. The fourth-order valence-electron chi connectivity index (χ4n) is 2.11. The maximum absolute atomic E-state index is 12.5. The summed E-state index contributed by atoms with van der Waals surface area (Å²) in [6.45, 7) is -0.217. The molecule has 6 nitrogen and oxygen atoms in total. The van der Waals surface area contributed by atoms with Crippen LogP contribution in [0, 0.1) is 0 Å². The highest BCUT2D eigenvalue weighted by atomic mass is 79.9. The van der Waals surface area contributed by atoms with Crippen molar-refractivity contribution in [3.63, 3.8) is 0 Å². The van der Waals surface area contributed by atoms with Crippen molar-refractivity contribution < 1.29 is 19.1 Å². The zero-order valence-electron chi connectivity index (χ0n) is 12.8. The van der Waals surface area contributed by atoms with Crippen molar-refractivity contribution in [3.8, 4) is 5.75 Å². The number of hydrogen-bond acceptors (Lipinski definition) is 5. The first-order valence-corrected chi connectivity index (χ1v) is 7.80. The third-order valence-electron chi connectivity index (χ3n) is 3.34. The van der Waals surface area contributed by atoms with Crippen LogP contribution in [0.1, 0.15) is 5.56 Å². The molecule has 8 heteroatoms. The number of thiocarbonyl (C=S) groups is 1. The van der Waals surface area contributed by atoms with E-state index in [2.05, 4.69) is 20.7 Å². The van der Waals surface area contributed by atoms with Crippen molar-refractivity contribution >= 4 is 51.2 Å². The molecule has 0 bridgehead atoms. The molecule has 1 aliphatic heterocycles. The van der Waals surface area contributed by atoms with Crippen LogP contribution >= 0.6 is 28.1 Å². The number of likely N-dealkylation sites (N-methyl/N-ethyl adjacent to an activating group) is 1. The maximum atomic E-state index is 12.5. The quantitative estimate of drug-likeness (QED) is 0.439. The minimum absolute atomic E-state index is 0.217. The van der Waals surface area contributed by atoms with Crippen LogP contribution in [-0.4, -0.2) is 54.6 Å². The van der Waals surface area contributed by atoms with Crippen LogP contribution in [0.2, 0.25) is 0 Å². The Bertz CT molecular complexity index is 705. The summed E-state index contributed by atoms with van der Waals surface area (Å²) in [6, 6.07) is 5.47. The molecular weight excluding hydrogens is 384 g/mol. The number of ether oxygens (including phenoxy) is 2. The summed E-state index contributed by atoms with van der Waals surface area (Å²) in [6.07, 6.45) is 1.68. The molecule has 0 spiro atoms. The number of rotatable bonds is 4. The molecule has 1 saturated heterocycles. The van der Waals surface area contributed by atoms with Gasteiger partial charge in [0.1, 0.15) is 18.0 Å². The number of nitrogens with zero attached hydrogens (tertiary/aromatic N) is 2. The Morgan fingerprint density at radius 3 is 2.70 bits per heavy atom. The van der Waals surface area contributed by atoms with Crippen LogP contribution in [0.4, 0.5) is 0 Å². The Kier molecular flexibility index (Phi) is 5.38. The van der Waals surface area contributed by atoms with Gasteiger partial charge in [-0.05, 0) is 36.5 Å². The van der Waals surface area contributed by atoms with Gasteiger partial charge >= 0.3 is 5.97 Å². The van der Waals surface area contributed by atoms with Gasteiger partial charge < -0.3 is 14.4 Å². The molecule has 0 N–H and O–H groups in total. The topological polar surface area (TPSA) is 59.1 Å². The van der Waals surface area contributed by atoms with E-state index in [0.29, 0.717) is 11.4 Å². The number of methoxy groups -OCH3 is 2. The van der Waals surface area contributed by atoms with Gasteiger partial charge in [-0.3, -0.25) is 14.5 Å². The van der Waals surface area contributed by atoms with Crippen molar-refractivity contribution in [2.24, 2.45) is 0 Å². The van der Waals surface area contributed by atoms with E-state index in [1.807, 2.05) is 12.1 Å². The van der Waals surface area contributed by atoms with Gasteiger partial charge in [-0.15, -0.1) is 0 Å². The standard InChI is InChI=1S/C15H15BrN2O4S/c1-17-11(7-9-6-10(16)4-5-12(9)21-2)14(20)18(15(17)23)8-13(19)22-3/h4-7H,8H2,1-3H3/b11-7-. The lowest BCUT2D eigenvalue weighted by Crippen LogP contribution is -2.36. The predicted octanol–water partition coefficient (Wildman–Crippen LogP) is 2.03. The number of carbonyl (C=O) groups is 2. The van der Waals surface area contributed by atoms with Gasteiger partial charge in [0.15, 0.2) is 5.11 Å². The molecule has 1 fully saturated rings. The summed E-state index contributed by atoms with van der Waals surface area (Å²) in [5.74, 6) is -0.264. The van der Waals surface area contributed by atoms with Gasteiger partial charge in [0, 0.05) is 17.1 Å². The zero-order valence-corrected chi connectivity index (χ0v) is 15.2. The summed E-state index contributed by atoms with van der Waals surface area (Å²) in [5, 5.41) is 0.251. The summed E-state index contributed by atoms with van der Waals surface area (Å²) in [7, 11) is 4.49. The number of carbonyl (C=O) groups excluding carboxylic acids is 2. The molecule has 1 aromatic carbocycles. The molecule has 0 unspecified atom stereocenters. The summed E-state index contributed by atoms with van der Waals surface area (Å²) in [5.41, 5.74) is 1.08. The minimum Gasteiger partial charge on any atom is -0.496 e. The Morgan fingerprint density at radius 1 is 1.39 bits per heavy atom. The predicted molar refractivity (Wildman–Crippen MR) is 92.8 cm³/mol. The van der Waals surface area contributed by atoms with E-state index in [4.69, 9.17) is 17.0 Å². The van der Waals surface area contributed by atoms with Gasteiger partial charge in [-0.1, -0.05) is 15.9 Å². The normalized spacial score (nSPS) is 16.3. The largest absolute Gasteiger partial charge is 0.496 e. The summed E-state index contributed by atoms with van der Waals surface area (Å²) < 4.78 is 10.7. The Morgan fingerprint density at radius 2 is 2.09 bits per heavy atom. The fourth-order valence-corrected chi connectivity index (χ4v) is 2.73. The highest BCUT2D eigenvalue weighted by Gasteiger charge is 2.37. The molecule has 1 heterocycles. The highest BCUT2D eigenvalue weighted by molar-refractivity contribution is 9.10. The van der Waals surface area contributed by atoms with Crippen molar-refractivity contribution in [1.29, 1.82) is 0 Å². The number of hydrogen-bond donors (Lipinski definition) is 0. The molecular formula is C15H15BrN2O4S. The average Bonchev–Trinajstić information content (AvgIpc) is 2.73. The second-order valence-electron chi connectivity index (χ2n) is 4.72. The average molecular weight is 399 g/mol. The highest BCUT2D eigenvalue weighted by Crippen LogP contribution is 2.28. The summed E-state index contributed by atoms with van der Waals surface area (Å²) >= 11 is 8.62. The van der Waals surface area contributed by atoms with Crippen molar-refractivity contribution in [1.82, 2.24) is 9.80 Å². The molecule has 0 radical (unpaired) electrons. The Hall–Kier alpha value is -1.93. The van der Waals surface area contributed by atoms with Gasteiger partial charge in [-0.25, -0.2) is 0 Å². The first kappa shape index (κ1) is 17.4. The SMILES string of the molecule is COC(=O)CN1C(=O)/C(=C/c2cc(Br)ccc2OC)N(C)C1=S.